The van der Waals surface area contributed by atoms with Crippen molar-refractivity contribution in [3.8, 4) is 0 Å². The van der Waals surface area contributed by atoms with Crippen molar-refractivity contribution in [1.82, 2.24) is 9.97 Å². The van der Waals surface area contributed by atoms with Gasteiger partial charge in [-0.1, -0.05) is 51.3 Å². The Labute approximate surface area is 162 Å². The Morgan fingerprint density at radius 1 is 1.11 bits per heavy atom. The molecule has 0 atom stereocenters. The average molecular weight is 367 g/mol. The highest BCUT2D eigenvalue weighted by Crippen LogP contribution is 2.28. The molecule has 27 heavy (non-hydrogen) atoms. The van der Waals surface area contributed by atoms with Crippen LogP contribution in [0.15, 0.2) is 24.3 Å². The van der Waals surface area contributed by atoms with E-state index in [1.807, 2.05) is 26.0 Å². The molecule has 1 saturated carbocycles. The molecule has 0 aliphatic heterocycles. The number of anilines is 2. The van der Waals surface area contributed by atoms with Gasteiger partial charge in [-0.25, -0.2) is 9.97 Å². The monoisotopic (exact) mass is 366 g/mol. The average Bonchev–Trinajstić information content (AvgIpc) is 2.63. The fourth-order valence-electron chi connectivity index (χ4n) is 3.70. The first kappa shape index (κ1) is 19.3. The lowest BCUT2D eigenvalue weighted by Crippen LogP contribution is -2.25. The maximum Gasteiger partial charge on any atom is 0.274 e. The Morgan fingerprint density at radius 2 is 1.85 bits per heavy atom. The second kappa shape index (κ2) is 8.51. The Hall–Kier alpha value is -2.43. The van der Waals surface area contributed by atoms with Crippen molar-refractivity contribution in [2.24, 2.45) is 0 Å². The number of nitrogens with one attached hydrogen (secondary N) is 2. The van der Waals surface area contributed by atoms with Crippen LogP contribution in [-0.2, 0) is 0 Å². The molecule has 0 unspecified atom stereocenters. The molecule has 144 valence electrons. The zero-order chi connectivity index (χ0) is 19.4. The molecule has 1 fully saturated rings. The largest absolute Gasteiger partial charge is 0.351 e. The summed E-state index contributed by atoms with van der Waals surface area (Å²) in [6.07, 6.45) is 6.05. The lowest BCUT2D eigenvalue weighted by Gasteiger charge is -2.23. The van der Waals surface area contributed by atoms with Gasteiger partial charge in [-0.3, -0.25) is 4.79 Å². The van der Waals surface area contributed by atoms with Crippen LogP contribution in [0.4, 0.5) is 11.6 Å². The van der Waals surface area contributed by atoms with Gasteiger partial charge in [0, 0.05) is 17.4 Å². The summed E-state index contributed by atoms with van der Waals surface area (Å²) in [6.45, 7) is 8.18. The molecule has 2 aromatic rings. The van der Waals surface area contributed by atoms with Gasteiger partial charge < -0.3 is 10.6 Å². The molecule has 5 heteroatoms. The lowest BCUT2D eigenvalue weighted by atomic mass is 9.96. The Bertz CT molecular complexity index is 810. The van der Waals surface area contributed by atoms with E-state index < -0.39 is 0 Å². The SMILES string of the molecule is Cc1cc(C(=O)Nc2c(C)cccc2C(C)C)nc(NC2CCCCC2)n1. The Kier molecular flexibility index (Phi) is 6.09. The summed E-state index contributed by atoms with van der Waals surface area (Å²) in [5.74, 6) is 0.695. The van der Waals surface area contributed by atoms with Crippen LogP contribution in [0.2, 0.25) is 0 Å². The van der Waals surface area contributed by atoms with Crippen molar-refractivity contribution in [1.29, 1.82) is 0 Å². The Morgan fingerprint density at radius 3 is 2.56 bits per heavy atom. The van der Waals surface area contributed by atoms with Gasteiger partial charge in [-0.05, 0) is 49.8 Å². The van der Waals surface area contributed by atoms with Gasteiger partial charge >= 0.3 is 0 Å². The van der Waals surface area contributed by atoms with Crippen LogP contribution in [-0.4, -0.2) is 21.9 Å². The van der Waals surface area contributed by atoms with E-state index in [4.69, 9.17) is 0 Å². The number of rotatable bonds is 5. The zero-order valence-electron chi connectivity index (χ0n) is 16.8. The molecule has 1 heterocycles. The zero-order valence-corrected chi connectivity index (χ0v) is 16.8. The van der Waals surface area contributed by atoms with Gasteiger partial charge in [0.2, 0.25) is 5.95 Å². The normalized spacial score (nSPS) is 15.0. The van der Waals surface area contributed by atoms with E-state index in [1.165, 1.54) is 19.3 Å². The molecule has 0 spiro atoms. The first-order valence-corrected chi connectivity index (χ1v) is 9.97. The molecule has 1 aromatic heterocycles. The third-order valence-corrected chi connectivity index (χ3v) is 5.19. The Balaban J connectivity index is 1.81. The van der Waals surface area contributed by atoms with Gasteiger partial charge in [0.05, 0.1) is 0 Å². The maximum absolute atomic E-state index is 12.9. The van der Waals surface area contributed by atoms with Crippen LogP contribution in [0, 0.1) is 13.8 Å². The number of nitrogens with zero attached hydrogens (tertiary/aromatic N) is 2. The molecule has 1 aliphatic rings. The van der Waals surface area contributed by atoms with E-state index in [1.54, 1.807) is 6.07 Å². The highest BCUT2D eigenvalue weighted by molar-refractivity contribution is 6.04. The fourth-order valence-corrected chi connectivity index (χ4v) is 3.70. The standard InChI is InChI=1S/C22H30N4O/c1-14(2)18-12-8-9-15(3)20(18)26-21(27)19-13-16(4)23-22(25-19)24-17-10-6-5-7-11-17/h8-9,12-14,17H,5-7,10-11H2,1-4H3,(H,26,27)(H,23,24,25). The number of hydrogen-bond donors (Lipinski definition) is 2. The molecule has 3 rings (SSSR count). The van der Waals surface area contributed by atoms with E-state index >= 15 is 0 Å². The molecule has 0 radical (unpaired) electrons. The summed E-state index contributed by atoms with van der Waals surface area (Å²) in [5.41, 5.74) is 4.27. The van der Waals surface area contributed by atoms with Crippen molar-refractivity contribution in [2.75, 3.05) is 10.6 Å². The summed E-state index contributed by atoms with van der Waals surface area (Å²) in [7, 11) is 0. The van der Waals surface area contributed by atoms with Crippen molar-refractivity contribution in [2.45, 2.75) is 71.8 Å². The van der Waals surface area contributed by atoms with Crippen molar-refractivity contribution in [3.05, 3.63) is 46.8 Å². The molecule has 2 N–H and O–H groups in total. The number of amides is 1. The minimum absolute atomic E-state index is 0.191. The third kappa shape index (κ3) is 4.85. The van der Waals surface area contributed by atoms with Gasteiger partial charge in [-0.15, -0.1) is 0 Å². The molecular weight excluding hydrogens is 336 g/mol. The van der Waals surface area contributed by atoms with Gasteiger partial charge in [0.25, 0.3) is 5.91 Å². The van der Waals surface area contributed by atoms with Crippen molar-refractivity contribution in [3.63, 3.8) is 0 Å². The number of aryl methyl sites for hydroxylation is 2. The lowest BCUT2D eigenvalue weighted by molar-refractivity contribution is 0.102. The highest BCUT2D eigenvalue weighted by atomic mass is 16.1. The van der Waals surface area contributed by atoms with Crippen molar-refractivity contribution < 1.29 is 4.79 Å². The number of carbonyl (C=O) groups is 1. The summed E-state index contributed by atoms with van der Waals surface area (Å²) < 4.78 is 0. The summed E-state index contributed by atoms with van der Waals surface area (Å²) in [6, 6.07) is 8.26. The minimum Gasteiger partial charge on any atom is -0.351 e. The van der Waals surface area contributed by atoms with Crippen LogP contribution in [0.1, 0.15) is 79.2 Å². The maximum atomic E-state index is 12.9. The molecule has 0 bridgehead atoms. The van der Waals surface area contributed by atoms with Crippen LogP contribution >= 0.6 is 0 Å². The van der Waals surface area contributed by atoms with Crippen LogP contribution in [0.3, 0.4) is 0 Å². The van der Waals surface area contributed by atoms with E-state index in [0.29, 0.717) is 23.6 Å². The van der Waals surface area contributed by atoms with E-state index in [2.05, 4.69) is 40.5 Å². The summed E-state index contributed by atoms with van der Waals surface area (Å²) >= 11 is 0. The van der Waals surface area contributed by atoms with Gasteiger partial charge in [0.1, 0.15) is 5.69 Å². The topological polar surface area (TPSA) is 66.9 Å². The third-order valence-electron chi connectivity index (χ3n) is 5.19. The molecule has 1 amide bonds. The number of carbonyl (C=O) groups excluding carboxylic acids is 1. The van der Waals surface area contributed by atoms with E-state index in [9.17, 15) is 4.79 Å². The first-order valence-electron chi connectivity index (χ1n) is 9.97. The smallest absolute Gasteiger partial charge is 0.274 e. The summed E-state index contributed by atoms with van der Waals surface area (Å²) in [4.78, 5) is 21.9. The number of aromatic nitrogens is 2. The summed E-state index contributed by atoms with van der Waals surface area (Å²) in [5, 5.41) is 6.50. The predicted molar refractivity (Wildman–Crippen MR) is 110 cm³/mol. The molecular formula is C22H30N4O. The van der Waals surface area contributed by atoms with Crippen molar-refractivity contribution >= 4 is 17.5 Å². The van der Waals surface area contributed by atoms with Crippen LogP contribution in [0.5, 0.6) is 0 Å². The minimum atomic E-state index is -0.191. The highest BCUT2D eigenvalue weighted by Gasteiger charge is 2.18. The van der Waals surface area contributed by atoms with Gasteiger partial charge in [0.15, 0.2) is 0 Å². The molecule has 1 aliphatic carbocycles. The molecule has 0 saturated heterocycles. The van der Waals surface area contributed by atoms with E-state index in [0.717, 1.165) is 35.3 Å². The number of benzene rings is 1. The molecule has 1 aromatic carbocycles. The van der Waals surface area contributed by atoms with E-state index in [-0.39, 0.29) is 5.91 Å². The quantitative estimate of drug-likeness (QED) is 0.762. The second-order valence-corrected chi connectivity index (χ2v) is 7.85. The predicted octanol–water partition coefficient (Wildman–Crippen LogP) is 5.21. The molecule has 5 nitrogen and oxygen atoms in total. The number of hydrogen-bond acceptors (Lipinski definition) is 4. The second-order valence-electron chi connectivity index (χ2n) is 7.85. The fraction of sp³-hybridized carbons (Fsp3) is 0.500. The van der Waals surface area contributed by atoms with Gasteiger partial charge in [-0.2, -0.15) is 0 Å². The van der Waals surface area contributed by atoms with Crippen LogP contribution in [0.25, 0.3) is 0 Å². The van der Waals surface area contributed by atoms with Crippen LogP contribution < -0.4 is 10.6 Å². The number of para-hydroxylation sites is 1. The first-order chi connectivity index (χ1) is 12.9.